The Balaban J connectivity index is 1.97. The number of aromatic nitrogens is 2. The van der Waals surface area contributed by atoms with Crippen molar-refractivity contribution < 1.29 is 4.79 Å². The monoisotopic (exact) mass is 382 g/mol. The molecule has 0 aliphatic carbocycles. The molecule has 2 aromatic rings. The summed E-state index contributed by atoms with van der Waals surface area (Å²) < 4.78 is 0. The molecule has 1 aromatic heterocycles. The molecule has 28 heavy (non-hydrogen) atoms. The molecule has 7 nitrogen and oxygen atoms in total. The van der Waals surface area contributed by atoms with Crippen molar-refractivity contribution in [1.82, 2.24) is 14.9 Å². The molecule has 150 valence electrons. The molecule has 0 unspecified atom stereocenters. The van der Waals surface area contributed by atoms with E-state index in [1.807, 2.05) is 37.6 Å². The maximum absolute atomic E-state index is 11.7. The highest BCUT2D eigenvalue weighted by atomic mass is 16.1. The molecular weight excluding hydrogens is 352 g/mol. The first-order valence-corrected chi connectivity index (χ1v) is 9.47. The summed E-state index contributed by atoms with van der Waals surface area (Å²) in [5.41, 5.74) is 8.32. The van der Waals surface area contributed by atoms with E-state index < -0.39 is 0 Å². The topological polar surface area (TPSA) is 99.2 Å². The van der Waals surface area contributed by atoms with Crippen LogP contribution in [0.3, 0.4) is 0 Å². The molecule has 0 aliphatic heterocycles. The normalized spacial score (nSPS) is 10.9. The van der Waals surface area contributed by atoms with Crippen LogP contribution in [0.5, 0.6) is 0 Å². The minimum Gasteiger partial charge on any atom is -0.387 e. The van der Waals surface area contributed by atoms with E-state index in [1.165, 1.54) is 0 Å². The minimum absolute atomic E-state index is 0.0112. The van der Waals surface area contributed by atoms with Gasteiger partial charge in [0, 0.05) is 38.0 Å². The summed E-state index contributed by atoms with van der Waals surface area (Å²) >= 11 is 0. The van der Waals surface area contributed by atoms with Crippen LogP contribution in [0.15, 0.2) is 36.7 Å². The van der Waals surface area contributed by atoms with Crippen molar-refractivity contribution in [2.75, 3.05) is 39.1 Å². The van der Waals surface area contributed by atoms with E-state index in [-0.39, 0.29) is 18.0 Å². The highest BCUT2D eigenvalue weighted by Gasteiger charge is 2.08. The third-order valence-electron chi connectivity index (χ3n) is 4.42. The van der Waals surface area contributed by atoms with Crippen LogP contribution in [-0.4, -0.2) is 60.7 Å². The fourth-order valence-corrected chi connectivity index (χ4v) is 2.88. The molecule has 1 aromatic carbocycles. The van der Waals surface area contributed by atoms with Crippen LogP contribution in [0.1, 0.15) is 24.8 Å². The van der Waals surface area contributed by atoms with Gasteiger partial charge in [-0.05, 0) is 44.6 Å². The Bertz CT molecular complexity index is 788. The fourth-order valence-electron chi connectivity index (χ4n) is 2.88. The van der Waals surface area contributed by atoms with Gasteiger partial charge in [0.1, 0.15) is 5.78 Å². The molecule has 0 saturated heterocycles. The van der Waals surface area contributed by atoms with E-state index in [0.29, 0.717) is 18.8 Å². The molecule has 0 fully saturated rings. The number of benzene rings is 1. The summed E-state index contributed by atoms with van der Waals surface area (Å²) in [4.78, 5) is 25.0. The van der Waals surface area contributed by atoms with Gasteiger partial charge in [0.15, 0.2) is 0 Å². The average Bonchev–Trinajstić information content (AvgIpc) is 2.66. The van der Waals surface area contributed by atoms with E-state index in [4.69, 9.17) is 11.1 Å². The predicted octanol–water partition coefficient (Wildman–Crippen LogP) is 2.36. The second-order valence-corrected chi connectivity index (χ2v) is 7.29. The van der Waals surface area contributed by atoms with E-state index >= 15 is 0 Å². The lowest BCUT2D eigenvalue weighted by Gasteiger charge is -2.18. The van der Waals surface area contributed by atoms with Gasteiger partial charge in [0.05, 0.1) is 12.3 Å². The zero-order valence-electron chi connectivity index (χ0n) is 17.0. The predicted molar refractivity (Wildman–Crippen MR) is 114 cm³/mol. The molecule has 7 heteroatoms. The molecule has 1 heterocycles. The molecule has 0 bridgehead atoms. The van der Waals surface area contributed by atoms with Crippen LogP contribution in [0, 0.1) is 5.41 Å². The first-order valence-electron chi connectivity index (χ1n) is 9.47. The Morgan fingerprint density at radius 2 is 1.82 bits per heavy atom. The summed E-state index contributed by atoms with van der Waals surface area (Å²) in [6.45, 7) is 1.94. The van der Waals surface area contributed by atoms with E-state index in [1.54, 1.807) is 0 Å². The summed E-state index contributed by atoms with van der Waals surface area (Å²) in [6.07, 6.45) is 5.77. The molecule has 0 aliphatic rings. The summed E-state index contributed by atoms with van der Waals surface area (Å²) in [6, 6.07) is 8.04. The van der Waals surface area contributed by atoms with Crippen LogP contribution in [0.4, 0.5) is 5.95 Å². The zero-order valence-corrected chi connectivity index (χ0v) is 17.0. The number of aryl methyl sites for hydroxylation is 1. The van der Waals surface area contributed by atoms with Crippen LogP contribution >= 0.6 is 0 Å². The van der Waals surface area contributed by atoms with E-state index in [0.717, 1.165) is 36.2 Å². The van der Waals surface area contributed by atoms with Crippen molar-refractivity contribution in [3.05, 3.63) is 42.2 Å². The molecular formula is C21H30N6O. The lowest BCUT2D eigenvalue weighted by atomic mass is 10.0. The lowest BCUT2D eigenvalue weighted by Crippen LogP contribution is -2.24. The quantitative estimate of drug-likeness (QED) is 0.457. The molecule has 0 atom stereocenters. The first-order chi connectivity index (χ1) is 13.3. The number of nitrogens with one attached hydrogen (secondary N) is 1. The van der Waals surface area contributed by atoms with Gasteiger partial charge >= 0.3 is 0 Å². The first kappa shape index (κ1) is 21.5. The smallest absolute Gasteiger partial charge is 0.225 e. The summed E-state index contributed by atoms with van der Waals surface area (Å²) in [7, 11) is 6.14. The number of Topliss-reactive ketones (excluding diaryl/α,β-unsaturated/α-hetero) is 1. The van der Waals surface area contributed by atoms with E-state index in [2.05, 4.69) is 39.9 Å². The number of nitrogens with zero attached hydrogens (tertiary/aromatic N) is 4. The Kier molecular flexibility index (Phi) is 8.07. The standard InChI is InChI=1S/C21H30N6O/c1-26(2)10-5-11-27(3)21-24-14-18(15-25-21)17-7-4-6-16(12-17)8-9-19(28)13-20(22)23/h4,6-7,12,14-15H,5,8-11,13H2,1-3H3,(H3,22,23). The SMILES string of the molecule is CN(C)CCCN(C)c1ncc(-c2cccc(CCC(=O)CC(=N)N)c2)cn1. The van der Waals surface area contributed by atoms with Crippen LogP contribution in [-0.2, 0) is 11.2 Å². The average molecular weight is 383 g/mol. The van der Waals surface area contributed by atoms with Gasteiger partial charge in [-0.2, -0.15) is 0 Å². The Hall–Kier alpha value is -2.80. The van der Waals surface area contributed by atoms with Gasteiger partial charge in [-0.3, -0.25) is 10.2 Å². The second kappa shape index (κ2) is 10.5. The van der Waals surface area contributed by atoms with Gasteiger partial charge in [-0.1, -0.05) is 24.3 Å². The molecule has 0 radical (unpaired) electrons. The number of rotatable bonds is 11. The summed E-state index contributed by atoms with van der Waals surface area (Å²) in [5, 5.41) is 7.20. The highest BCUT2D eigenvalue weighted by Crippen LogP contribution is 2.21. The number of hydrogen-bond donors (Lipinski definition) is 2. The van der Waals surface area contributed by atoms with Crippen molar-refractivity contribution in [2.24, 2.45) is 5.73 Å². The molecule has 3 N–H and O–H groups in total. The Morgan fingerprint density at radius 3 is 2.46 bits per heavy atom. The Morgan fingerprint density at radius 1 is 1.11 bits per heavy atom. The lowest BCUT2D eigenvalue weighted by molar-refractivity contribution is -0.117. The van der Waals surface area contributed by atoms with Crippen molar-refractivity contribution >= 4 is 17.6 Å². The number of anilines is 1. The number of carbonyl (C=O) groups is 1. The van der Waals surface area contributed by atoms with Gasteiger partial charge < -0.3 is 15.5 Å². The fraction of sp³-hybridized carbons (Fsp3) is 0.429. The third-order valence-corrected chi connectivity index (χ3v) is 4.42. The number of ketones is 1. The van der Waals surface area contributed by atoms with Gasteiger partial charge in [0.25, 0.3) is 0 Å². The van der Waals surface area contributed by atoms with E-state index in [9.17, 15) is 4.79 Å². The second-order valence-electron chi connectivity index (χ2n) is 7.29. The van der Waals surface area contributed by atoms with Crippen molar-refractivity contribution in [1.29, 1.82) is 5.41 Å². The van der Waals surface area contributed by atoms with Crippen molar-refractivity contribution in [3.63, 3.8) is 0 Å². The molecule has 0 spiro atoms. The van der Waals surface area contributed by atoms with Crippen molar-refractivity contribution in [3.8, 4) is 11.1 Å². The molecule has 0 saturated carbocycles. The maximum atomic E-state index is 11.7. The van der Waals surface area contributed by atoms with Crippen LogP contribution < -0.4 is 10.6 Å². The number of amidine groups is 1. The molecule has 2 rings (SSSR count). The summed E-state index contributed by atoms with van der Waals surface area (Å²) in [5.74, 6) is 0.624. The van der Waals surface area contributed by atoms with Crippen LogP contribution in [0.25, 0.3) is 11.1 Å². The highest BCUT2D eigenvalue weighted by molar-refractivity contribution is 5.98. The largest absolute Gasteiger partial charge is 0.387 e. The van der Waals surface area contributed by atoms with Gasteiger partial charge in [-0.15, -0.1) is 0 Å². The molecule has 0 amide bonds. The third kappa shape index (κ3) is 7.08. The van der Waals surface area contributed by atoms with Crippen molar-refractivity contribution in [2.45, 2.75) is 25.7 Å². The van der Waals surface area contributed by atoms with Gasteiger partial charge in [0.2, 0.25) is 5.95 Å². The zero-order chi connectivity index (χ0) is 20.5. The number of hydrogen-bond acceptors (Lipinski definition) is 6. The van der Waals surface area contributed by atoms with Crippen LogP contribution in [0.2, 0.25) is 0 Å². The number of nitrogens with two attached hydrogens (primary N) is 1. The van der Waals surface area contributed by atoms with Gasteiger partial charge in [-0.25, -0.2) is 9.97 Å². The maximum Gasteiger partial charge on any atom is 0.225 e. The Labute approximate surface area is 167 Å². The number of carbonyl (C=O) groups excluding carboxylic acids is 1. The minimum atomic E-state index is -0.0809.